The average Bonchev–Trinajstić information content (AvgIpc) is 2.17. The fraction of sp³-hybridized carbons (Fsp3) is 0.909. The molecule has 0 aromatic carbocycles. The summed E-state index contributed by atoms with van der Waals surface area (Å²) >= 11 is 0. The molecule has 0 fully saturated rings. The van der Waals surface area contributed by atoms with Crippen LogP contribution in [0.5, 0.6) is 0 Å². The highest BCUT2D eigenvalue weighted by Gasteiger charge is 2.19. The van der Waals surface area contributed by atoms with E-state index in [4.69, 9.17) is 0 Å². The van der Waals surface area contributed by atoms with Gasteiger partial charge < -0.3 is 10.1 Å². The molecule has 0 aromatic rings. The van der Waals surface area contributed by atoms with Crippen LogP contribution in [-0.4, -0.2) is 25.7 Å². The number of ether oxygens (including phenoxy) is 1. The summed E-state index contributed by atoms with van der Waals surface area (Å²) in [7, 11) is 1.44. The van der Waals surface area contributed by atoms with Gasteiger partial charge in [-0.3, -0.25) is 4.79 Å². The Morgan fingerprint density at radius 3 is 2.50 bits per heavy atom. The number of hydrogen-bond acceptors (Lipinski definition) is 3. The van der Waals surface area contributed by atoms with Crippen molar-refractivity contribution in [3.8, 4) is 0 Å². The molecule has 1 N–H and O–H groups in total. The summed E-state index contributed by atoms with van der Waals surface area (Å²) in [6.07, 6.45) is 2.78. The molecule has 0 aliphatic heterocycles. The van der Waals surface area contributed by atoms with Gasteiger partial charge in [0.15, 0.2) is 0 Å². The Bertz CT molecular complexity index is 159. The van der Waals surface area contributed by atoms with Crippen LogP contribution in [0.15, 0.2) is 0 Å². The quantitative estimate of drug-likeness (QED) is 0.640. The molecule has 0 saturated heterocycles. The van der Waals surface area contributed by atoms with E-state index in [1.807, 2.05) is 0 Å². The maximum absolute atomic E-state index is 11.1. The van der Waals surface area contributed by atoms with Gasteiger partial charge in [-0.05, 0) is 18.9 Å². The lowest BCUT2D eigenvalue weighted by molar-refractivity contribution is -0.141. The lowest BCUT2D eigenvalue weighted by Crippen LogP contribution is -2.37. The van der Waals surface area contributed by atoms with Crippen molar-refractivity contribution in [1.82, 2.24) is 5.32 Å². The van der Waals surface area contributed by atoms with Crippen LogP contribution in [0.4, 0.5) is 0 Å². The lowest BCUT2D eigenvalue weighted by atomic mass is 9.94. The molecular formula is C11H23NO2. The highest BCUT2D eigenvalue weighted by atomic mass is 16.5. The Kier molecular flexibility index (Phi) is 7.48. The van der Waals surface area contributed by atoms with Gasteiger partial charge in [0, 0.05) is 6.04 Å². The Morgan fingerprint density at radius 2 is 2.07 bits per heavy atom. The first-order valence-electron chi connectivity index (χ1n) is 5.45. The van der Waals surface area contributed by atoms with Crippen LogP contribution in [0, 0.1) is 5.92 Å². The molecule has 0 spiro atoms. The maximum Gasteiger partial charge on any atom is 0.307 e. The van der Waals surface area contributed by atoms with Crippen molar-refractivity contribution < 1.29 is 9.53 Å². The van der Waals surface area contributed by atoms with Crippen molar-refractivity contribution in [3.63, 3.8) is 0 Å². The molecule has 0 radical (unpaired) electrons. The van der Waals surface area contributed by atoms with Gasteiger partial charge >= 0.3 is 5.97 Å². The Labute approximate surface area is 87.2 Å². The summed E-state index contributed by atoms with van der Waals surface area (Å²) in [5.74, 6) is 0.401. The van der Waals surface area contributed by atoms with E-state index < -0.39 is 0 Å². The molecule has 0 aromatic heterocycles. The summed E-state index contributed by atoms with van der Waals surface area (Å²) < 4.78 is 4.68. The van der Waals surface area contributed by atoms with E-state index in [1.54, 1.807) is 0 Å². The molecule has 3 nitrogen and oxygen atoms in total. The van der Waals surface area contributed by atoms with E-state index in [-0.39, 0.29) is 12.0 Å². The van der Waals surface area contributed by atoms with Crippen LogP contribution < -0.4 is 5.32 Å². The van der Waals surface area contributed by atoms with Crippen LogP contribution in [0.2, 0.25) is 0 Å². The molecule has 0 bridgehead atoms. The van der Waals surface area contributed by atoms with Gasteiger partial charge in [-0.1, -0.05) is 27.2 Å². The summed E-state index contributed by atoms with van der Waals surface area (Å²) in [4.78, 5) is 11.1. The van der Waals surface area contributed by atoms with Gasteiger partial charge in [0.25, 0.3) is 0 Å². The molecule has 2 atom stereocenters. The minimum absolute atomic E-state index is 0.126. The molecule has 84 valence electrons. The second-order valence-electron chi connectivity index (χ2n) is 3.71. The van der Waals surface area contributed by atoms with Crippen LogP contribution in [0.1, 0.15) is 40.0 Å². The number of esters is 1. The Morgan fingerprint density at radius 1 is 1.43 bits per heavy atom. The molecule has 3 heteroatoms. The minimum atomic E-state index is -0.126. The summed E-state index contributed by atoms with van der Waals surface area (Å²) in [5.41, 5.74) is 0. The van der Waals surface area contributed by atoms with Crippen LogP contribution in [-0.2, 0) is 9.53 Å². The van der Waals surface area contributed by atoms with Crippen molar-refractivity contribution in [1.29, 1.82) is 0 Å². The van der Waals surface area contributed by atoms with Crippen LogP contribution >= 0.6 is 0 Å². The average molecular weight is 201 g/mol. The molecular weight excluding hydrogens is 178 g/mol. The van der Waals surface area contributed by atoms with Crippen molar-refractivity contribution in [2.24, 2.45) is 5.92 Å². The van der Waals surface area contributed by atoms with Crippen LogP contribution in [0.25, 0.3) is 0 Å². The Hall–Kier alpha value is -0.570. The predicted molar refractivity (Wildman–Crippen MR) is 58.2 cm³/mol. The third-order valence-corrected chi connectivity index (χ3v) is 2.51. The minimum Gasteiger partial charge on any atom is -0.469 e. The largest absolute Gasteiger partial charge is 0.469 e. The third-order valence-electron chi connectivity index (χ3n) is 2.51. The van der Waals surface area contributed by atoms with Gasteiger partial charge in [0.05, 0.1) is 13.5 Å². The molecule has 0 aliphatic carbocycles. The monoisotopic (exact) mass is 201 g/mol. The van der Waals surface area contributed by atoms with E-state index in [2.05, 4.69) is 30.8 Å². The van der Waals surface area contributed by atoms with Crippen molar-refractivity contribution in [3.05, 3.63) is 0 Å². The van der Waals surface area contributed by atoms with Gasteiger partial charge in [0.2, 0.25) is 0 Å². The fourth-order valence-corrected chi connectivity index (χ4v) is 1.66. The number of carbonyl (C=O) groups excluding carboxylic acids is 1. The van der Waals surface area contributed by atoms with E-state index in [1.165, 1.54) is 7.11 Å². The molecule has 0 heterocycles. The topological polar surface area (TPSA) is 38.3 Å². The van der Waals surface area contributed by atoms with E-state index in [0.717, 1.165) is 19.4 Å². The second kappa shape index (κ2) is 7.80. The predicted octanol–water partition coefficient (Wildman–Crippen LogP) is 1.96. The first-order chi connectivity index (χ1) is 6.65. The SMILES string of the molecule is CCCC(C)C(CC(=O)OC)NCC. The van der Waals surface area contributed by atoms with Crippen molar-refractivity contribution >= 4 is 5.97 Å². The Balaban J connectivity index is 4.05. The number of hydrogen-bond donors (Lipinski definition) is 1. The van der Waals surface area contributed by atoms with E-state index in [0.29, 0.717) is 12.3 Å². The number of nitrogens with one attached hydrogen (secondary N) is 1. The smallest absolute Gasteiger partial charge is 0.307 e. The summed E-state index contributed by atoms with van der Waals surface area (Å²) in [6, 6.07) is 0.257. The van der Waals surface area contributed by atoms with Gasteiger partial charge in [-0.25, -0.2) is 0 Å². The van der Waals surface area contributed by atoms with Gasteiger partial charge in [-0.15, -0.1) is 0 Å². The number of rotatable bonds is 7. The van der Waals surface area contributed by atoms with Gasteiger partial charge in [0.1, 0.15) is 0 Å². The molecule has 14 heavy (non-hydrogen) atoms. The lowest BCUT2D eigenvalue weighted by Gasteiger charge is -2.23. The third kappa shape index (κ3) is 5.22. The highest BCUT2D eigenvalue weighted by molar-refractivity contribution is 5.69. The summed E-state index contributed by atoms with van der Waals surface area (Å²) in [5, 5.41) is 3.33. The molecule has 2 unspecified atom stereocenters. The maximum atomic E-state index is 11.1. The van der Waals surface area contributed by atoms with E-state index in [9.17, 15) is 4.79 Å². The molecule has 0 saturated carbocycles. The fourth-order valence-electron chi connectivity index (χ4n) is 1.66. The standard InChI is InChI=1S/C11H23NO2/c1-5-7-9(3)10(12-6-2)8-11(13)14-4/h9-10,12H,5-8H2,1-4H3. The number of carbonyl (C=O) groups is 1. The molecule has 0 rings (SSSR count). The number of methoxy groups -OCH3 is 1. The zero-order chi connectivity index (χ0) is 11.0. The second-order valence-corrected chi connectivity index (χ2v) is 3.71. The first-order valence-corrected chi connectivity index (χ1v) is 5.45. The zero-order valence-corrected chi connectivity index (χ0v) is 9.80. The zero-order valence-electron chi connectivity index (χ0n) is 9.80. The molecule has 0 amide bonds. The highest BCUT2D eigenvalue weighted by Crippen LogP contribution is 2.13. The summed E-state index contributed by atoms with van der Waals surface area (Å²) in [6.45, 7) is 7.30. The first kappa shape index (κ1) is 13.4. The van der Waals surface area contributed by atoms with Crippen molar-refractivity contribution in [2.75, 3.05) is 13.7 Å². The normalized spacial score (nSPS) is 14.9. The molecule has 0 aliphatic rings. The van der Waals surface area contributed by atoms with E-state index >= 15 is 0 Å². The van der Waals surface area contributed by atoms with Crippen molar-refractivity contribution in [2.45, 2.75) is 46.1 Å². The van der Waals surface area contributed by atoms with Gasteiger partial charge in [-0.2, -0.15) is 0 Å². The van der Waals surface area contributed by atoms with Crippen LogP contribution in [0.3, 0.4) is 0 Å².